The number of rotatable bonds is 5. The van der Waals surface area contributed by atoms with E-state index in [4.69, 9.17) is 10.8 Å². The third-order valence-corrected chi connectivity index (χ3v) is 1.56. The summed E-state index contributed by atoms with van der Waals surface area (Å²) in [5.74, 6) is -1.18. The molecule has 76 valence electrons. The van der Waals surface area contributed by atoms with E-state index < -0.39 is 12.0 Å². The van der Waals surface area contributed by atoms with Crippen molar-refractivity contribution >= 4 is 11.9 Å². The third kappa shape index (κ3) is 6.10. The van der Waals surface area contributed by atoms with E-state index in [1.807, 2.05) is 0 Å². The van der Waals surface area contributed by atoms with Gasteiger partial charge in [0.1, 0.15) is 0 Å². The normalized spacial score (nSPS) is 14.7. The summed E-state index contributed by atoms with van der Waals surface area (Å²) in [6.45, 7) is 3.69. The molecular formula is C8H16N2O3. The molecule has 0 radical (unpaired) electrons. The fourth-order valence-electron chi connectivity index (χ4n) is 0.806. The Hall–Kier alpha value is -1.10. The largest absolute Gasteiger partial charge is 0.481 e. The van der Waals surface area contributed by atoms with Crippen LogP contribution in [-0.4, -0.2) is 29.6 Å². The van der Waals surface area contributed by atoms with Crippen LogP contribution in [0.4, 0.5) is 0 Å². The first kappa shape index (κ1) is 11.9. The van der Waals surface area contributed by atoms with Gasteiger partial charge < -0.3 is 16.2 Å². The van der Waals surface area contributed by atoms with Crippen molar-refractivity contribution in [3.05, 3.63) is 0 Å². The highest BCUT2D eigenvalue weighted by Crippen LogP contribution is 1.98. The molecule has 5 nitrogen and oxygen atoms in total. The number of carboxylic acid groups (broad SMARTS) is 1. The molecule has 0 rings (SSSR count). The number of hydrogen-bond donors (Lipinski definition) is 3. The summed E-state index contributed by atoms with van der Waals surface area (Å²) < 4.78 is 0. The highest BCUT2D eigenvalue weighted by Gasteiger charge is 2.11. The van der Waals surface area contributed by atoms with Gasteiger partial charge in [-0.3, -0.25) is 9.59 Å². The highest BCUT2D eigenvalue weighted by molar-refractivity contribution is 5.81. The number of amides is 1. The van der Waals surface area contributed by atoms with Crippen LogP contribution in [0.15, 0.2) is 0 Å². The molecule has 0 spiro atoms. The first-order valence-corrected chi connectivity index (χ1v) is 4.18. The van der Waals surface area contributed by atoms with E-state index in [1.165, 1.54) is 0 Å². The van der Waals surface area contributed by atoms with E-state index in [0.29, 0.717) is 6.54 Å². The predicted molar refractivity (Wildman–Crippen MR) is 48.1 cm³/mol. The molecule has 5 heteroatoms. The first-order chi connectivity index (χ1) is 5.93. The molecular weight excluding hydrogens is 172 g/mol. The molecule has 0 aromatic rings. The lowest BCUT2D eigenvalue weighted by Crippen LogP contribution is -2.40. The minimum atomic E-state index is -0.859. The van der Waals surface area contributed by atoms with Gasteiger partial charge in [-0.15, -0.1) is 0 Å². The zero-order valence-corrected chi connectivity index (χ0v) is 7.91. The van der Waals surface area contributed by atoms with Crippen LogP contribution >= 0.6 is 0 Å². The van der Waals surface area contributed by atoms with Crippen molar-refractivity contribution in [3.63, 3.8) is 0 Å². The van der Waals surface area contributed by atoms with Crippen LogP contribution in [0.2, 0.25) is 0 Å². The molecule has 2 atom stereocenters. The van der Waals surface area contributed by atoms with Crippen LogP contribution in [0.3, 0.4) is 0 Å². The fourth-order valence-corrected chi connectivity index (χ4v) is 0.806. The number of hydrogen-bond acceptors (Lipinski definition) is 3. The topological polar surface area (TPSA) is 92.4 Å². The van der Waals surface area contributed by atoms with Crippen molar-refractivity contribution < 1.29 is 14.7 Å². The minimum absolute atomic E-state index is 0.0548. The van der Waals surface area contributed by atoms with Gasteiger partial charge in [-0.1, -0.05) is 6.92 Å². The number of nitrogens with one attached hydrogen (secondary N) is 1. The summed E-state index contributed by atoms with van der Waals surface area (Å²) in [6.07, 6.45) is 0.0548. The van der Waals surface area contributed by atoms with Gasteiger partial charge in [-0.05, 0) is 12.8 Å². The quantitative estimate of drug-likeness (QED) is 0.545. The lowest BCUT2D eigenvalue weighted by atomic mass is 10.1. The van der Waals surface area contributed by atoms with Crippen molar-refractivity contribution in [2.24, 2.45) is 11.7 Å². The van der Waals surface area contributed by atoms with Crippen molar-refractivity contribution in [1.29, 1.82) is 0 Å². The van der Waals surface area contributed by atoms with Crippen LogP contribution in [0.5, 0.6) is 0 Å². The number of carbonyl (C=O) groups is 2. The summed E-state index contributed by atoms with van der Waals surface area (Å²) in [5, 5.41) is 11.0. The molecule has 0 saturated carbocycles. The van der Waals surface area contributed by atoms with Crippen LogP contribution in [0.25, 0.3) is 0 Å². The second-order valence-corrected chi connectivity index (χ2v) is 3.24. The van der Waals surface area contributed by atoms with E-state index in [9.17, 15) is 9.59 Å². The Morgan fingerprint density at radius 3 is 2.38 bits per heavy atom. The van der Waals surface area contributed by atoms with E-state index in [-0.39, 0.29) is 18.2 Å². The molecule has 1 amide bonds. The van der Waals surface area contributed by atoms with Crippen LogP contribution in [-0.2, 0) is 9.59 Å². The molecule has 0 aliphatic carbocycles. The zero-order valence-electron chi connectivity index (χ0n) is 7.91. The lowest BCUT2D eigenvalue weighted by Gasteiger charge is -2.11. The SMILES string of the molecule is CC(CNC(=O)C(C)N)CC(=O)O. The molecule has 2 unspecified atom stereocenters. The van der Waals surface area contributed by atoms with Crippen LogP contribution < -0.4 is 11.1 Å². The highest BCUT2D eigenvalue weighted by atomic mass is 16.4. The van der Waals surface area contributed by atoms with Crippen molar-refractivity contribution in [1.82, 2.24) is 5.32 Å². The molecule has 0 saturated heterocycles. The number of nitrogens with two attached hydrogens (primary N) is 1. The Bertz CT molecular complexity index is 192. The Balaban J connectivity index is 3.63. The number of aliphatic carboxylic acids is 1. The molecule has 0 aromatic heterocycles. The molecule has 0 aromatic carbocycles. The average Bonchev–Trinajstić information content (AvgIpc) is 1.98. The second kappa shape index (κ2) is 5.53. The van der Waals surface area contributed by atoms with Gasteiger partial charge in [-0.2, -0.15) is 0 Å². The summed E-state index contributed by atoms with van der Waals surface area (Å²) in [4.78, 5) is 21.2. The lowest BCUT2D eigenvalue weighted by molar-refractivity contribution is -0.138. The summed E-state index contributed by atoms with van der Waals surface area (Å²) in [5.41, 5.74) is 5.30. The summed E-state index contributed by atoms with van der Waals surface area (Å²) in [6, 6.07) is -0.544. The maximum Gasteiger partial charge on any atom is 0.303 e. The monoisotopic (exact) mass is 188 g/mol. The maximum absolute atomic E-state index is 10.9. The van der Waals surface area contributed by atoms with Gasteiger partial charge in [0, 0.05) is 13.0 Å². The van der Waals surface area contributed by atoms with E-state index >= 15 is 0 Å². The third-order valence-electron chi connectivity index (χ3n) is 1.56. The summed E-state index contributed by atoms with van der Waals surface area (Å²) >= 11 is 0. The smallest absolute Gasteiger partial charge is 0.303 e. The minimum Gasteiger partial charge on any atom is -0.481 e. The van der Waals surface area contributed by atoms with Gasteiger partial charge in [0.05, 0.1) is 6.04 Å². The average molecular weight is 188 g/mol. The predicted octanol–water partition coefficient (Wildman–Crippen LogP) is -0.439. The van der Waals surface area contributed by atoms with Gasteiger partial charge in [0.2, 0.25) is 5.91 Å². The Morgan fingerprint density at radius 2 is 2.00 bits per heavy atom. The van der Waals surface area contributed by atoms with Gasteiger partial charge in [0.15, 0.2) is 0 Å². The Labute approximate surface area is 77.3 Å². The van der Waals surface area contributed by atoms with E-state index in [0.717, 1.165) is 0 Å². The molecule has 4 N–H and O–H groups in total. The van der Waals surface area contributed by atoms with Gasteiger partial charge >= 0.3 is 5.97 Å². The standard InChI is InChI=1S/C8H16N2O3/c1-5(3-7(11)12)4-10-8(13)6(2)9/h5-6H,3-4,9H2,1-2H3,(H,10,13)(H,11,12). The zero-order chi connectivity index (χ0) is 10.4. The van der Waals surface area contributed by atoms with Crippen LogP contribution in [0.1, 0.15) is 20.3 Å². The van der Waals surface area contributed by atoms with Crippen molar-refractivity contribution in [2.75, 3.05) is 6.54 Å². The fraction of sp³-hybridized carbons (Fsp3) is 0.750. The Kier molecular flexibility index (Phi) is 5.06. The number of carboxylic acids is 1. The maximum atomic E-state index is 10.9. The van der Waals surface area contributed by atoms with Crippen LogP contribution in [0, 0.1) is 5.92 Å². The molecule has 0 fully saturated rings. The van der Waals surface area contributed by atoms with Crippen molar-refractivity contribution in [2.45, 2.75) is 26.3 Å². The second-order valence-electron chi connectivity index (χ2n) is 3.24. The molecule has 0 aliphatic heterocycles. The van der Waals surface area contributed by atoms with Gasteiger partial charge in [-0.25, -0.2) is 0 Å². The Morgan fingerprint density at radius 1 is 1.46 bits per heavy atom. The molecule has 13 heavy (non-hydrogen) atoms. The first-order valence-electron chi connectivity index (χ1n) is 4.18. The molecule has 0 heterocycles. The van der Waals surface area contributed by atoms with E-state index in [1.54, 1.807) is 13.8 Å². The van der Waals surface area contributed by atoms with Crippen molar-refractivity contribution in [3.8, 4) is 0 Å². The molecule has 0 aliphatic rings. The summed E-state index contributed by atoms with van der Waals surface area (Å²) in [7, 11) is 0. The van der Waals surface area contributed by atoms with Gasteiger partial charge in [0.25, 0.3) is 0 Å². The number of carbonyl (C=O) groups excluding carboxylic acids is 1. The van der Waals surface area contributed by atoms with E-state index in [2.05, 4.69) is 5.32 Å². The molecule has 0 bridgehead atoms.